The molecule has 15 heteroatoms. The highest BCUT2D eigenvalue weighted by Gasteiger charge is 2.43. The summed E-state index contributed by atoms with van der Waals surface area (Å²) < 4.78 is 72.1. The number of nitrogens with zero attached hydrogens (tertiary/aromatic N) is 1. The number of aliphatic carboxylic acids is 1. The lowest BCUT2D eigenvalue weighted by Crippen LogP contribution is -2.25. The number of ether oxygens (including phenoxy) is 3. The first kappa shape index (κ1) is 30.9. The monoisotopic (exact) mass is 584 g/mol. The van der Waals surface area contributed by atoms with Crippen LogP contribution in [0.15, 0.2) is 60.8 Å². The van der Waals surface area contributed by atoms with Crippen LogP contribution < -0.4 is 25.4 Å². The maximum absolute atomic E-state index is 13.2. The third kappa shape index (κ3) is 9.49. The van der Waals surface area contributed by atoms with Gasteiger partial charge in [-0.3, -0.25) is 4.79 Å². The number of para-hydroxylation sites is 1. The lowest BCUT2D eigenvalue weighted by Gasteiger charge is -2.13. The average Bonchev–Trinajstić information content (AvgIpc) is 3.23. The van der Waals surface area contributed by atoms with Crippen LogP contribution in [0.4, 0.5) is 39.1 Å². The lowest BCUT2D eigenvalue weighted by molar-refractivity contribution is -0.286. The van der Waals surface area contributed by atoms with Gasteiger partial charge in [0.15, 0.2) is 11.5 Å². The van der Waals surface area contributed by atoms with Gasteiger partial charge in [0.1, 0.15) is 5.82 Å². The number of halogens is 5. The predicted octanol–water partition coefficient (Wildman–Crippen LogP) is 5.35. The Balaban J connectivity index is 0.000000587. The molecule has 0 bridgehead atoms. The van der Waals surface area contributed by atoms with Crippen molar-refractivity contribution in [3.05, 3.63) is 71.9 Å². The summed E-state index contributed by atoms with van der Waals surface area (Å²) >= 11 is 0. The van der Waals surface area contributed by atoms with Crippen LogP contribution in [-0.4, -0.2) is 54.7 Å². The molecule has 0 saturated carbocycles. The zero-order valence-electron chi connectivity index (χ0n) is 21.4. The quantitative estimate of drug-likeness (QED) is 0.184. The van der Waals surface area contributed by atoms with E-state index in [1.807, 2.05) is 18.2 Å². The average molecular weight is 584 g/mol. The fourth-order valence-corrected chi connectivity index (χ4v) is 3.37. The second kappa shape index (κ2) is 13.6. The van der Waals surface area contributed by atoms with E-state index in [1.165, 1.54) is 18.2 Å². The Hall–Kier alpha value is -4.66. The van der Waals surface area contributed by atoms with Crippen molar-refractivity contribution < 1.29 is 50.9 Å². The van der Waals surface area contributed by atoms with Crippen molar-refractivity contribution in [2.75, 3.05) is 36.2 Å². The number of rotatable bonds is 10. The molecule has 1 aromatic heterocycles. The second-order valence-corrected chi connectivity index (χ2v) is 8.31. The Bertz CT molecular complexity index is 1360. The largest absolute Gasteiger partial charge is 0.586 e. The van der Waals surface area contributed by atoms with Crippen LogP contribution in [-0.2, 0) is 16.1 Å². The highest BCUT2D eigenvalue weighted by Crippen LogP contribution is 2.42. The molecule has 1 aliphatic rings. The fourth-order valence-electron chi connectivity index (χ4n) is 3.37. The zero-order chi connectivity index (χ0) is 30.0. The number of hydrogen-bond acceptors (Lipinski definition) is 8. The molecular formula is C26H25F5N4O6. The summed E-state index contributed by atoms with van der Waals surface area (Å²) in [5, 5.41) is 16.4. The first-order valence-corrected chi connectivity index (χ1v) is 11.9. The van der Waals surface area contributed by atoms with E-state index in [-0.39, 0.29) is 11.5 Å². The number of carbonyl (C=O) groups is 2. The maximum atomic E-state index is 13.2. The number of benzene rings is 2. The van der Waals surface area contributed by atoms with Crippen molar-refractivity contribution in [3.8, 4) is 11.5 Å². The molecule has 4 N–H and O–H groups in total. The molecule has 0 radical (unpaired) electrons. The molecule has 220 valence electrons. The van der Waals surface area contributed by atoms with Gasteiger partial charge in [0, 0.05) is 50.4 Å². The number of alkyl halides is 5. The normalized spacial score (nSPS) is 13.0. The number of hydrogen-bond donors (Lipinski definition) is 4. The van der Waals surface area contributed by atoms with Gasteiger partial charge < -0.3 is 35.3 Å². The molecule has 2 aromatic carbocycles. The first-order valence-electron chi connectivity index (χ1n) is 11.9. The molecule has 10 nitrogen and oxygen atoms in total. The Morgan fingerprint density at radius 1 is 1.02 bits per heavy atom. The minimum Gasteiger partial charge on any atom is -0.475 e. The molecule has 0 aliphatic carbocycles. The minimum absolute atomic E-state index is 0.0880. The van der Waals surface area contributed by atoms with Crippen LogP contribution in [0.25, 0.3) is 0 Å². The van der Waals surface area contributed by atoms with Crippen molar-refractivity contribution in [2.45, 2.75) is 25.4 Å². The van der Waals surface area contributed by atoms with E-state index in [4.69, 9.17) is 14.6 Å². The van der Waals surface area contributed by atoms with Crippen LogP contribution in [0, 0.1) is 0 Å². The van der Waals surface area contributed by atoms with E-state index in [9.17, 15) is 26.7 Å². The number of carboxylic acid groups (broad SMARTS) is 1. The second-order valence-electron chi connectivity index (χ2n) is 8.31. The van der Waals surface area contributed by atoms with E-state index in [2.05, 4.69) is 30.4 Å². The molecule has 2 heterocycles. The molecule has 0 spiro atoms. The summed E-state index contributed by atoms with van der Waals surface area (Å²) in [7, 11) is 1.67. The number of pyridine rings is 1. The third-order valence-corrected chi connectivity index (χ3v) is 5.21. The molecule has 1 amide bonds. The van der Waals surface area contributed by atoms with Crippen LogP contribution in [0.5, 0.6) is 11.5 Å². The predicted molar refractivity (Wildman–Crippen MR) is 137 cm³/mol. The molecule has 41 heavy (non-hydrogen) atoms. The number of nitrogens with one attached hydrogen (secondary N) is 3. The smallest absolute Gasteiger partial charge is 0.475 e. The number of carboxylic acids is 1. The molecule has 1 aliphatic heterocycles. The first-order chi connectivity index (χ1) is 19.4. The van der Waals surface area contributed by atoms with Crippen LogP contribution in [0.2, 0.25) is 0 Å². The van der Waals surface area contributed by atoms with Crippen LogP contribution in [0.3, 0.4) is 0 Å². The van der Waals surface area contributed by atoms with Gasteiger partial charge in [0.05, 0.1) is 5.56 Å². The van der Waals surface area contributed by atoms with E-state index < -0.39 is 24.3 Å². The van der Waals surface area contributed by atoms with E-state index >= 15 is 0 Å². The highest BCUT2D eigenvalue weighted by molar-refractivity contribution is 6.08. The number of amides is 1. The number of aromatic nitrogens is 1. The molecule has 0 fully saturated rings. The van der Waals surface area contributed by atoms with Crippen LogP contribution in [0.1, 0.15) is 22.3 Å². The number of anilines is 3. The van der Waals surface area contributed by atoms with Gasteiger partial charge in [-0.25, -0.2) is 9.78 Å². The summed E-state index contributed by atoms with van der Waals surface area (Å²) in [5.74, 6) is -2.63. The van der Waals surface area contributed by atoms with Crippen molar-refractivity contribution in [1.82, 2.24) is 4.98 Å². The van der Waals surface area contributed by atoms with Crippen LogP contribution >= 0.6 is 0 Å². The van der Waals surface area contributed by atoms with Crippen molar-refractivity contribution >= 4 is 29.1 Å². The van der Waals surface area contributed by atoms with Gasteiger partial charge in [-0.2, -0.15) is 13.2 Å². The van der Waals surface area contributed by atoms with Gasteiger partial charge >= 0.3 is 18.4 Å². The maximum Gasteiger partial charge on any atom is 0.586 e. The topological polar surface area (TPSA) is 131 Å². The molecule has 3 aromatic rings. The van der Waals surface area contributed by atoms with Gasteiger partial charge in [-0.15, -0.1) is 8.78 Å². The van der Waals surface area contributed by atoms with Crippen molar-refractivity contribution in [1.29, 1.82) is 0 Å². The molecule has 0 saturated heterocycles. The number of carbonyl (C=O) groups excluding carboxylic acids is 1. The van der Waals surface area contributed by atoms with E-state index in [0.29, 0.717) is 30.1 Å². The van der Waals surface area contributed by atoms with Gasteiger partial charge in [0.25, 0.3) is 5.91 Å². The standard InChI is InChI=1S/C24H24F2N4O4.C2HF3O2/c1-32-12-4-10-27-22-13-16(9-11-28-22)15-29-19-6-3-2-5-18(19)23(31)30-17-7-8-20-21(14-17)34-24(25,26)33-20;3-2(4,5)1(6)7/h2-3,5-9,11,13-14,29H,4,10,12,15H2,1H3,(H,27,28)(H,30,31);(H,6,7). The minimum atomic E-state index is -5.08. The summed E-state index contributed by atoms with van der Waals surface area (Å²) in [6, 6.07) is 14.9. The Morgan fingerprint density at radius 2 is 1.73 bits per heavy atom. The van der Waals surface area contributed by atoms with Crippen molar-refractivity contribution in [3.63, 3.8) is 0 Å². The SMILES string of the molecule is COCCCNc1cc(CNc2ccccc2C(=O)Nc2ccc3c(c2)OC(F)(F)O3)ccn1.O=C(O)C(F)(F)F. The van der Waals surface area contributed by atoms with Gasteiger partial charge in [-0.1, -0.05) is 12.1 Å². The number of methoxy groups -OCH3 is 1. The molecule has 0 unspecified atom stereocenters. The summed E-state index contributed by atoms with van der Waals surface area (Å²) in [5.41, 5.74) is 2.31. The Kier molecular flexibility index (Phi) is 10.2. The van der Waals surface area contributed by atoms with E-state index in [0.717, 1.165) is 24.3 Å². The lowest BCUT2D eigenvalue weighted by atomic mass is 10.1. The Labute approximate surface area is 230 Å². The van der Waals surface area contributed by atoms with E-state index in [1.54, 1.807) is 31.5 Å². The summed E-state index contributed by atoms with van der Waals surface area (Å²) in [4.78, 5) is 26.1. The number of fused-ring (bicyclic) bond motifs is 1. The molecule has 4 rings (SSSR count). The highest BCUT2D eigenvalue weighted by atomic mass is 19.4. The Morgan fingerprint density at radius 3 is 2.44 bits per heavy atom. The zero-order valence-corrected chi connectivity index (χ0v) is 21.4. The summed E-state index contributed by atoms with van der Waals surface area (Å²) in [6.45, 7) is 1.89. The van der Waals surface area contributed by atoms with Crippen molar-refractivity contribution in [2.24, 2.45) is 0 Å². The summed E-state index contributed by atoms with van der Waals surface area (Å²) in [6.07, 6.45) is -6.21. The molecular weight excluding hydrogens is 559 g/mol. The molecule has 0 atom stereocenters. The third-order valence-electron chi connectivity index (χ3n) is 5.21. The van der Waals surface area contributed by atoms with Gasteiger partial charge in [0.2, 0.25) is 0 Å². The van der Waals surface area contributed by atoms with Gasteiger partial charge in [-0.05, 0) is 48.4 Å². The fraction of sp³-hybridized carbons (Fsp3) is 0.269.